The lowest BCUT2D eigenvalue weighted by atomic mass is 10.1. The molecule has 112 valence electrons. The molecular formula is C15H18N2O3S. The van der Waals surface area contributed by atoms with Crippen LogP contribution in [0, 0.1) is 18.8 Å². The highest BCUT2D eigenvalue weighted by Gasteiger charge is 2.25. The highest BCUT2D eigenvalue weighted by atomic mass is 32.2. The number of amides is 1. The van der Waals surface area contributed by atoms with Gasteiger partial charge >= 0.3 is 0 Å². The molecule has 0 radical (unpaired) electrons. The van der Waals surface area contributed by atoms with Gasteiger partial charge in [-0.2, -0.15) is 0 Å². The van der Waals surface area contributed by atoms with E-state index in [1.54, 1.807) is 17.0 Å². The van der Waals surface area contributed by atoms with Crippen molar-refractivity contribution in [1.29, 1.82) is 0 Å². The highest BCUT2D eigenvalue weighted by molar-refractivity contribution is 7.91. The van der Waals surface area contributed by atoms with E-state index >= 15 is 0 Å². The number of carbonyl (C=O) groups excluding carboxylic acids is 1. The molecule has 5 nitrogen and oxygen atoms in total. The summed E-state index contributed by atoms with van der Waals surface area (Å²) >= 11 is 0. The minimum atomic E-state index is -2.99. The van der Waals surface area contributed by atoms with E-state index in [9.17, 15) is 13.2 Å². The quantitative estimate of drug-likeness (QED) is 0.750. The molecule has 0 spiro atoms. The lowest BCUT2D eigenvalue weighted by molar-refractivity contribution is 0.0770. The van der Waals surface area contributed by atoms with E-state index in [0.29, 0.717) is 5.56 Å². The minimum Gasteiger partial charge on any atom is -0.337 e. The van der Waals surface area contributed by atoms with Crippen molar-refractivity contribution in [2.45, 2.75) is 6.92 Å². The Hall–Kier alpha value is -1.84. The summed E-state index contributed by atoms with van der Waals surface area (Å²) in [5, 5.41) is 0. The fourth-order valence-corrected chi connectivity index (χ4v) is 3.43. The molecule has 1 fully saturated rings. The van der Waals surface area contributed by atoms with Crippen molar-refractivity contribution in [2.75, 3.05) is 31.1 Å². The second-order valence-corrected chi connectivity index (χ2v) is 7.34. The SMILES string of the molecule is Cc1cc(C#CCN)cc(C(=O)N2CCS(=O)(=O)CC2)c1. The van der Waals surface area contributed by atoms with Gasteiger partial charge in [-0.1, -0.05) is 11.8 Å². The third-order valence-corrected chi connectivity index (χ3v) is 4.90. The number of rotatable bonds is 1. The number of nitrogens with two attached hydrogens (primary N) is 1. The van der Waals surface area contributed by atoms with Crippen molar-refractivity contribution < 1.29 is 13.2 Å². The molecule has 1 heterocycles. The average Bonchev–Trinajstić information content (AvgIpc) is 2.44. The van der Waals surface area contributed by atoms with Crippen molar-refractivity contribution in [3.8, 4) is 11.8 Å². The summed E-state index contributed by atoms with van der Waals surface area (Å²) in [5.41, 5.74) is 7.57. The van der Waals surface area contributed by atoms with Crippen molar-refractivity contribution >= 4 is 15.7 Å². The molecule has 1 aliphatic rings. The summed E-state index contributed by atoms with van der Waals surface area (Å²) in [7, 11) is -2.99. The second-order valence-electron chi connectivity index (χ2n) is 5.04. The van der Waals surface area contributed by atoms with E-state index in [-0.39, 0.29) is 37.0 Å². The lowest BCUT2D eigenvalue weighted by Crippen LogP contribution is -2.43. The lowest BCUT2D eigenvalue weighted by Gasteiger charge is -2.27. The molecule has 1 amide bonds. The van der Waals surface area contributed by atoms with E-state index in [1.165, 1.54) is 0 Å². The molecule has 1 saturated heterocycles. The van der Waals surface area contributed by atoms with Crippen LogP contribution in [0.5, 0.6) is 0 Å². The topological polar surface area (TPSA) is 80.5 Å². The first-order chi connectivity index (χ1) is 9.91. The second kappa shape index (κ2) is 6.29. The van der Waals surface area contributed by atoms with E-state index in [0.717, 1.165) is 11.1 Å². The number of hydrogen-bond donors (Lipinski definition) is 1. The number of sulfone groups is 1. The number of benzene rings is 1. The van der Waals surface area contributed by atoms with Crippen LogP contribution in [0.25, 0.3) is 0 Å². The van der Waals surface area contributed by atoms with Crippen LogP contribution in [-0.4, -0.2) is 50.4 Å². The Balaban J connectivity index is 2.21. The van der Waals surface area contributed by atoms with Gasteiger partial charge in [-0.05, 0) is 30.7 Å². The minimum absolute atomic E-state index is 0.0321. The third kappa shape index (κ3) is 4.06. The smallest absolute Gasteiger partial charge is 0.253 e. The molecule has 0 atom stereocenters. The first-order valence-corrected chi connectivity index (χ1v) is 8.54. The zero-order chi connectivity index (χ0) is 15.5. The molecule has 2 rings (SSSR count). The summed E-state index contributed by atoms with van der Waals surface area (Å²) < 4.78 is 22.8. The van der Waals surface area contributed by atoms with Gasteiger partial charge in [0.1, 0.15) is 0 Å². The van der Waals surface area contributed by atoms with Gasteiger partial charge in [-0.15, -0.1) is 0 Å². The van der Waals surface area contributed by atoms with Gasteiger partial charge in [-0.3, -0.25) is 4.79 Å². The van der Waals surface area contributed by atoms with E-state index in [2.05, 4.69) is 11.8 Å². The normalized spacial score (nSPS) is 17.0. The highest BCUT2D eigenvalue weighted by Crippen LogP contribution is 2.14. The zero-order valence-electron chi connectivity index (χ0n) is 11.9. The van der Waals surface area contributed by atoms with Crippen molar-refractivity contribution in [3.05, 3.63) is 34.9 Å². The molecule has 1 aromatic rings. The molecule has 0 unspecified atom stereocenters. The zero-order valence-corrected chi connectivity index (χ0v) is 12.7. The Bertz CT molecular complexity index is 700. The van der Waals surface area contributed by atoms with Crippen LogP contribution < -0.4 is 5.73 Å². The van der Waals surface area contributed by atoms with Gasteiger partial charge in [-0.25, -0.2) is 8.42 Å². The van der Waals surface area contributed by atoms with Crippen LogP contribution in [0.4, 0.5) is 0 Å². The standard InChI is InChI=1S/C15H18N2O3S/c1-12-9-13(3-2-4-16)11-14(10-12)15(18)17-5-7-21(19,20)8-6-17/h9-11H,4-8,16H2,1H3. The Morgan fingerprint density at radius 1 is 1.29 bits per heavy atom. The summed E-state index contributed by atoms with van der Waals surface area (Å²) in [4.78, 5) is 14.0. The summed E-state index contributed by atoms with van der Waals surface area (Å²) in [6, 6.07) is 5.40. The maximum absolute atomic E-state index is 12.4. The largest absolute Gasteiger partial charge is 0.337 e. The molecule has 0 aromatic heterocycles. The fourth-order valence-electron chi connectivity index (χ4n) is 2.23. The van der Waals surface area contributed by atoms with E-state index < -0.39 is 9.84 Å². The number of carbonyl (C=O) groups is 1. The van der Waals surface area contributed by atoms with Gasteiger partial charge in [0, 0.05) is 24.2 Å². The first-order valence-electron chi connectivity index (χ1n) is 6.71. The van der Waals surface area contributed by atoms with Gasteiger partial charge < -0.3 is 10.6 Å². The average molecular weight is 306 g/mol. The molecule has 1 aromatic carbocycles. The van der Waals surface area contributed by atoms with Gasteiger partial charge in [0.15, 0.2) is 9.84 Å². The van der Waals surface area contributed by atoms with Crippen molar-refractivity contribution in [1.82, 2.24) is 4.90 Å². The fraction of sp³-hybridized carbons (Fsp3) is 0.400. The monoisotopic (exact) mass is 306 g/mol. The Labute approximate surface area is 125 Å². The predicted octanol–water partition coefficient (Wildman–Crippen LogP) is 0.176. The van der Waals surface area contributed by atoms with Crippen LogP contribution in [0.1, 0.15) is 21.5 Å². The molecule has 0 saturated carbocycles. The maximum atomic E-state index is 12.4. The van der Waals surface area contributed by atoms with Gasteiger partial charge in [0.2, 0.25) is 0 Å². The summed E-state index contributed by atoms with van der Waals surface area (Å²) in [5.74, 6) is 5.59. The van der Waals surface area contributed by atoms with Crippen molar-refractivity contribution in [3.63, 3.8) is 0 Å². The molecule has 21 heavy (non-hydrogen) atoms. The first kappa shape index (κ1) is 15.5. The molecule has 0 bridgehead atoms. The van der Waals surface area contributed by atoms with Crippen molar-refractivity contribution in [2.24, 2.45) is 5.73 Å². The molecule has 0 aliphatic carbocycles. The molecule has 6 heteroatoms. The van der Waals surface area contributed by atoms with Crippen LogP contribution in [0.15, 0.2) is 18.2 Å². The predicted molar refractivity (Wildman–Crippen MR) is 81.7 cm³/mol. The Morgan fingerprint density at radius 3 is 2.57 bits per heavy atom. The van der Waals surface area contributed by atoms with Crippen LogP contribution >= 0.6 is 0 Å². The maximum Gasteiger partial charge on any atom is 0.253 e. The Kier molecular flexibility index (Phi) is 4.66. The van der Waals surface area contributed by atoms with Crippen LogP contribution in [-0.2, 0) is 9.84 Å². The van der Waals surface area contributed by atoms with Crippen LogP contribution in [0.2, 0.25) is 0 Å². The summed E-state index contributed by atoms with van der Waals surface area (Å²) in [6.07, 6.45) is 0. The van der Waals surface area contributed by atoms with Gasteiger partial charge in [0.25, 0.3) is 5.91 Å². The van der Waals surface area contributed by atoms with E-state index in [4.69, 9.17) is 5.73 Å². The van der Waals surface area contributed by atoms with Gasteiger partial charge in [0.05, 0.1) is 18.1 Å². The number of hydrogen-bond acceptors (Lipinski definition) is 4. The Morgan fingerprint density at radius 2 is 1.95 bits per heavy atom. The molecular weight excluding hydrogens is 288 g/mol. The van der Waals surface area contributed by atoms with Crippen LogP contribution in [0.3, 0.4) is 0 Å². The number of aryl methyl sites for hydroxylation is 1. The molecule has 2 N–H and O–H groups in total. The van der Waals surface area contributed by atoms with E-state index in [1.807, 2.05) is 13.0 Å². The third-order valence-electron chi connectivity index (χ3n) is 3.29. The summed E-state index contributed by atoms with van der Waals surface area (Å²) in [6.45, 7) is 2.66. The molecule has 1 aliphatic heterocycles. The number of nitrogens with zero attached hydrogens (tertiary/aromatic N) is 1.